The number of H-pyrrole nitrogens is 1. The van der Waals surface area contributed by atoms with Gasteiger partial charge in [0.05, 0.1) is 12.5 Å². The molecule has 3 N–H and O–H groups in total. The standard InChI is InChI=1S/C13H21N3O3/c17-12(11-1-3-14-9-11)10-16-7-5-15(6-8-16)4-2-13(18)19/h1,3,9,12,14,17H,2,4-8,10H2,(H,18,19). The summed E-state index contributed by atoms with van der Waals surface area (Å²) in [5.74, 6) is -0.745. The van der Waals surface area contributed by atoms with E-state index in [0.717, 1.165) is 31.7 Å². The number of hydrogen-bond donors (Lipinski definition) is 3. The quantitative estimate of drug-likeness (QED) is 0.683. The second kappa shape index (κ2) is 6.70. The van der Waals surface area contributed by atoms with Crippen LogP contribution in [0.25, 0.3) is 0 Å². The van der Waals surface area contributed by atoms with Crippen molar-refractivity contribution < 1.29 is 15.0 Å². The van der Waals surface area contributed by atoms with Crippen molar-refractivity contribution in [2.24, 2.45) is 0 Å². The molecule has 0 radical (unpaired) electrons. The average Bonchev–Trinajstić information content (AvgIpc) is 2.92. The molecular weight excluding hydrogens is 246 g/mol. The highest BCUT2D eigenvalue weighted by Gasteiger charge is 2.20. The number of β-amino-alcohol motifs (C(OH)–C–C–N with tert-alkyl or cyclic N) is 1. The number of rotatable bonds is 6. The van der Waals surface area contributed by atoms with E-state index >= 15 is 0 Å². The van der Waals surface area contributed by atoms with Crippen molar-refractivity contribution in [3.05, 3.63) is 24.0 Å². The summed E-state index contributed by atoms with van der Waals surface area (Å²) in [5.41, 5.74) is 0.910. The SMILES string of the molecule is O=C(O)CCN1CCN(CC(O)c2cc[nH]c2)CC1. The number of carbonyl (C=O) groups is 1. The predicted molar refractivity (Wildman–Crippen MR) is 70.9 cm³/mol. The van der Waals surface area contributed by atoms with E-state index in [1.165, 1.54) is 0 Å². The van der Waals surface area contributed by atoms with E-state index in [9.17, 15) is 9.90 Å². The van der Waals surface area contributed by atoms with Crippen molar-refractivity contribution in [3.63, 3.8) is 0 Å². The summed E-state index contributed by atoms with van der Waals surface area (Å²) in [6.45, 7) is 4.73. The van der Waals surface area contributed by atoms with E-state index < -0.39 is 12.1 Å². The van der Waals surface area contributed by atoms with Gasteiger partial charge in [-0.15, -0.1) is 0 Å². The van der Waals surface area contributed by atoms with Gasteiger partial charge in [0, 0.05) is 51.7 Å². The summed E-state index contributed by atoms with van der Waals surface area (Å²) in [6.07, 6.45) is 3.36. The number of nitrogens with one attached hydrogen (secondary N) is 1. The molecule has 106 valence electrons. The van der Waals surface area contributed by atoms with Crippen LogP contribution in [-0.2, 0) is 4.79 Å². The summed E-state index contributed by atoms with van der Waals surface area (Å²) >= 11 is 0. The third-order valence-electron chi connectivity index (χ3n) is 3.54. The number of carboxylic acids is 1. The van der Waals surface area contributed by atoms with Crippen molar-refractivity contribution >= 4 is 5.97 Å². The van der Waals surface area contributed by atoms with Gasteiger partial charge in [0.15, 0.2) is 0 Å². The Kier molecular flexibility index (Phi) is 4.95. The molecule has 1 atom stereocenters. The monoisotopic (exact) mass is 267 g/mol. The molecule has 0 aromatic carbocycles. The van der Waals surface area contributed by atoms with Crippen LogP contribution in [0, 0.1) is 0 Å². The zero-order chi connectivity index (χ0) is 13.7. The van der Waals surface area contributed by atoms with Gasteiger partial charge in [-0.25, -0.2) is 0 Å². The maximum absolute atomic E-state index is 10.5. The second-order valence-corrected chi connectivity index (χ2v) is 4.95. The van der Waals surface area contributed by atoms with Crippen LogP contribution in [0.1, 0.15) is 18.1 Å². The van der Waals surface area contributed by atoms with Crippen molar-refractivity contribution in [2.45, 2.75) is 12.5 Å². The van der Waals surface area contributed by atoms with Crippen LogP contribution in [0.2, 0.25) is 0 Å². The van der Waals surface area contributed by atoms with Crippen molar-refractivity contribution in [3.8, 4) is 0 Å². The van der Waals surface area contributed by atoms with E-state index in [-0.39, 0.29) is 6.42 Å². The Balaban J connectivity index is 1.70. The topological polar surface area (TPSA) is 79.8 Å². The van der Waals surface area contributed by atoms with Crippen molar-refractivity contribution in [2.75, 3.05) is 39.3 Å². The number of aliphatic hydroxyl groups is 1. The fourth-order valence-electron chi connectivity index (χ4n) is 2.34. The Bertz CT molecular complexity index is 386. The number of aromatic nitrogens is 1. The Morgan fingerprint density at radius 1 is 1.32 bits per heavy atom. The van der Waals surface area contributed by atoms with E-state index in [2.05, 4.69) is 14.8 Å². The molecule has 19 heavy (non-hydrogen) atoms. The van der Waals surface area contributed by atoms with Gasteiger partial charge in [-0.2, -0.15) is 0 Å². The fourth-order valence-corrected chi connectivity index (χ4v) is 2.34. The predicted octanol–water partition coefficient (Wildman–Crippen LogP) is 0.140. The van der Waals surface area contributed by atoms with Gasteiger partial charge in [0.25, 0.3) is 0 Å². The minimum absolute atomic E-state index is 0.200. The highest BCUT2D eigenvalue weighted by Crippen LogP contribution is 2.14. The smallest absolute Gasteiger partial charge is 0.304 e. The number of hydrogen-bond acceptors (Lipinski definition) is 4. The van der Waals surface area contributed by atoms with Crippen LogP contribution in [0.3, 0.4) is 0 Å². The fraction of sp³-hybridized carbons (Fsp3) is 0.615. The first kappa shape index (κ1) is 14.0. The highest BCUT2D eigenvalue weighted by atomic mass is 16.4. The number of carboxylic acid groups (broad SMARTS) is 1. The van der Waals surface area contributed by atoms with E-state index in [1.807, 2.05) is 18.5 Å². The third kappa shape index (κ3) is 4.34. The first-order valence-electron chi connectivity index (χ1n) is 6.62. The molecular formula is C13H21N3O3. The van der Waals surface area contributed by atoms with Gasteiger partial charge in [-0.1, -0.05) is 0 Å². The minimum Gasteiger partial charge on any atom is -0.481 e. The summed E-state index contributed by atoms with van der Waals surface area (Å²) < 4.78 is 0. The summed E-state index contributed by atoms with van der Waals surface area (Å²) in [7, 11) is 0. The summed E-state index contributed by atoms with van der Waals surface area (Å²) in [4.78, 5) is 17.8. The van der Waals surface area contributed by atoms with Crippen LogP contribution in [0.15, 0.2) is 18.5 Å². The molecule has 2 rings (SSSR count). The van der Waals surface area contributed by atoms with E-state index in [4.69, 9.17) is 5.11 Å². The second-order valence-electron chi connectivity index (χ2n) is 4.95. The van der Waals surface area contributed by atoms with Crippen molar-refractivity contribution in [1.82, 2.24) is 14.8 Å². The van der Waals surface area contributed by atoms with Gasteiger partial charge in [0.2, 0.25) is 0 Å². The Labute approximate surface area is 112 Å². The lowest BCUT2D eigenvalue weighted by Crippen LogP contribution is -2.47. The van der Waals surface area contributed by atoms with Crippen LogP contribution in [0.5, 0.6) is 0 Å². The molecule has 1 saturated heterocycles. The normalized spacial score (nSPS) is 19.4. The maximum atomic E-state index is 10.5. The van der Waals surface area contributed by atoms with Crippen LogP contribution in [-0.4, -0.2) is 70.2 Å². The largest absolute Gasteiger partial charge is 0.481 e. The summed E-state index contributed by atoms with van der Waals surface area (Å²) in [6, 6.07) is 1.88. The zero-order valence-corrected chi connectivity index (χ0v) is 11.0. The lowest BCUT2D eigenvalue weighted by atomic mass is 10.1. The number of aromatic amines is 1. The molecule has 0 saturated carbocycles. The first-order valence-corrected chi connectivity index (χ1v) is 6.62. The molecule has 1 unspecified atom stereocenters. The molecule has 1 aliphatic rings. The molecule has 0 aliphatic carbocycles. The van der Waals surface area contributed by atoms with Crippen LogP contribution >= 0.6 is 0 Å². The molecule has 1 aromatic rings. The molecule has 0 bridgehead atoms. The lowest BCUT2D eigenvalue weighted by Gasteiger charge is -2.35. The van der Waals surface area contributed by atoms with Gasteiger partial charge in [-0.3, -0.25) is 9.69 Å². The zero-order valence-electron chi connectivity index (χ0n) is 11.0. The number of aliphatic hydroxyl groups excluding tert-OH is 1. The van der Waals surface area contributed by atoms with Gasteiger partial charge in [0.1, 0.15) is 0 Å². The lowest BCUT2D eigenvalue weighted by molar-refractivity contribution is -0.137. The highest BCUT2D eigenvalue weighted by molar-refractivity contribution is 5.66. The van der Waals surface area contributed by atoms with Gasteiger partial charge < -0.3 is 20.1 Å². The molecule has 6 nitrogen and oxygen atoms in total. The Morgan fingerprint density at radius 3 is 2.58 bits per heavy atom. The van der Waals surface area contributed by atoms with Crippen LogP contribution in [0.4, 0.5) is 0 Å². The molecule has 1 aliphatic heterocycles. The maximum Gasteiger partial charge on any atom is 0.304 e. The molecule has 0 amide bonds. The first-order chi connectivity index (χ1) is 9.15. The van der Waals surface area contributed by atoms with Crippen LogP contribution < -0.4 is 0 Å². The van der Waals surface area contributed by atoms with E-state index in [1.54, 1.807) is 0 Å². The molecule has 1 fully saturated rings. The molecule has 2 heterocycles. The third-order valence-corrected chi connectivity index (χ3v) is 3.54. The van der Waals surface area contributed by atoms with Gasteiger partial charge in [-0.05, 0) is 11.6 Å². The summed E-state index contributed by atoms with van der Waals surface area (Å²) in [5, 5.41) is 18.7. The van der Waals surface area contributed by atoms with Gasteiger partial charge >= 0.3 is 5.97 Å². The van der Waals surface area contributed by atoms with E-state index in [0.29, 0.717) is 13.1 Å². The van der Waals surface area contributed by atoms with Crippen molar-refractivity contribution in [1.29, 1.82) is 0 Å². The minimum atomic E-state index is -0.745. The Hall–Kier alpha value is -1.37. The molecule has 1 aromatic heterocycles. The Morgan fingerprint density at radius 2 is 2.00 bits per heavy atom. The number of nitrogens with zero attached hydrogens (tertiary/aromatic N) is 2. The number of piperazine rings is 1. The molecule has 0 spiro atoms. The molecule has 6 heteroatoms. The average molecular weight is 267 g/mol. The number of aliphatic carboxylic acids is 1.